The highest BCUT2D eigenvalue weighted by Crippen LogP contribution is 2.33. The zero-order valence-corrected chi connectivity index (χ0v) is 8.16. The van der Waals surface area contributed by atoms with Crippen molar-refractivity contribution >= 4 is 21.3 Å². The van der Waals surface area contributed by atoms with Crippen molar-refractivity contribution < 1.29 is 5.11 Å². The Morgan fingerprint density at radius 1 is 1.42 bits per heavy atom. The Morgan fingerprint density at radius 3 is 2.50 bits per heavy atom. The molecule has 0 radical (unpaired) electrons. The number of nitrogens with two attached hydrogens (primary N) is 1. The number of nitrogens with one attached hydrogen (secondary N) is 1. The summed E-state index contributed by atoms with van der Waals surface area (Å²) in [5, 5.41) is 13.6. The van der Waals surface area contributed by atoms with Crippen LogP contribution in [0.25, 0.3) is 0 Å². The van der Waals surface area contributed by atoms with Gasteiger partial charge < -0.3 is 16.2 Å². The number of rotatable bonds is 3. The molecule has 0 aliphatic carbocycles. The SMILES string of the molecule is Cc1c(N)sc(NCCO)c1C. The second kappa shape index (κ2) is 3.78. The van der Waals surface area contributed by atoms with Crippen molar-refractivity contribution in [1.29, 1.82) is 0 Å². The minimum Gasteiger partial charge on any atom is -0.395 e. The minimum atomic E-state index is 0.149. The fourth-order valence-electron chi connectivity index (χ4n) is 0.956. The van der Waals surface area contributed by atoms with Crippen molar-refractivity contribution in [3.63, 3.8) is 0 Å². The fraction of sp³-hybridized carbons (Fsp3) is 0.500. The molecular formula is C8H14N2OS. The van der Waals surface area contributed by atoms with Crippen LogP contribution in [0.3, 0.4) is 0 Å². The lowest BCUT2D eigenvalue weighted by atomic mass is 10.2. The second-order valence-electron chi connectivity index (χ2n) is 2.70. The quantitative estimate of drug-likeness (QED) is 0.668. The van der Waals surface area contributed by atoms with Crippen LogP contribution < -0.4 is 11.1 Å². The molecule has 1 aromatic heterocycles. The fourth-order valence-corrected chi connectivity index (χ4v) is 1.96. The first-order chi connectivity index (χ1) is 5.66. The highest BCUT2D eigenvalue weighted by molar-refractivity contribution is 7.20. The van der Waals surface area contributed by atoms with Crippen LogP contribution in [-0.2, 0) is 0 Å². The molecule has 0 unspecified atom stereocenters. The molecule has 0 bridgehead atoms. The summed E-state index contributed by atoms with van der Waals surface area (Å²) in [6.07, 6.45) is 0. The molecule has 0 fully saturated rings. The van der Waals surface area contributed by atoms with Crippen molar-refractivity contribution in [2.45, 2.75) is 13.8 Å². The molecule has 0 aliphatic heterocycles. The summed E-state index contributed by atoms with van der Waals surface area (Å²) in [5.74, 6) is 0. The normalized spacial score (nSPS) is 10.2. The van der Waals surface area contributed by atoms with Crippen LogP contribution in [0.15, 0.2) is 0 Å². The first-order valence-corrected chi connectivity index (χ1v) is 4.68. The molecule has 0 amide bonds. The van der Waals surface area contributed by atoms with Gasteiger partial charge in [-0.05, 0) is 25.0 Å². The van der Waals surface area contributed by atoms with Gasteiger partial charge in [-0.15, -0.1) is 11.3 Å². The molecule has 0 aliphatic rings. The van der Waals surface area contributed by atoms with E-state index >= 15 is 0 Å². The van der Waals surface area contributed by atoms with E-state index in [2.05, 4.69) is 5.32 Å². The van der Waals surface area contributed by atoms with Crippen molar-refractivity contribution in [2.75, 3.05) is 24.2 Å². The largest absolute Gasteiger partial charge is 0.395 e. The van der Waals surface area contributed by atoms with Crippen molar-refractivity contribution in [3.05, 3.63) is 11.1 Å². The van der Waals surface area contributed by atoms with Gasteiger partial charge in [0.05, 0.1) is 16.6 Å². The maximum absolute atomic E-state index is 8.61. The van der Waals surface area contributed by atoms with E-state index in [0.29, 0.717) is 6.54 Å². The van der Waals surface area contributed by atoms with E-state index in [1.807, 2.05) is 13.8 Å². The average Bonchev–Trinajstić information content (AvgIpc) is 2.30. The van der Waals surface area contributed by atoms with Gasteiger partial charge in [0.1, 0.15) is 0 Å². The third-order valence-corrected chi connectivity index (χ3v) is 3.06. The molecule has 3 nitrogen and oxygen atoms in total. The van der Waals surface area contributed by atoms with Crippen LogP contribution in [0.2, 0.25) is 0 Å². The summed E-state index contributed by atoms with van der Waals surface area (Å²) in [6, 6.07) is 0. The van der Waals surface area contributed by atoms with Gasteiger partial charge in [0.15, 0.2) is 0 Å². The van der Waals surface area contributed by atoms with E-state index in [4.69, 9.17) is 10.8 Å². The summed E-state index contributed by atoms with van der Waals surface area (Å²) in [4.78, 5) is 0. The predicted octanol–water partition coefficient (Wildman–Crippen LogP) is 1.35. The van der Waals surface area contributed by atoms with Crippen LogP contribution in [0.4, 0.5) is 10.0 Å². The number of aliphatic hydroxyl groups is 1. The van der Waals surface area contributed by atoms with Gasteiger partial charge in [0.25, 0.3) is 0 Å². The van der Waals surface area contributed by atoms with Crippen molar-refractivity contribution in [2.24, 2.45) is 0 Å². The lowest BCUT2D eigenvalue weighted by Crippen LogP contribution is -2.04. The molecule has 1 rings (SSSR count). The predicted molar refractivity (Wildman–Crippen MR) is 53.8 cm³/mol. The minimum absolute atomic E-state index is 0.149. The van der Waals surface area contributed by atoms with Gasteiger partial charge >= 0.3 is 0 Å². The maximum Gasteiger partial charge on any atom is 0.0937 e. The molecule has 4 heteroatoms. The van der Waals surface area contributed by atoms with Crippen LogP contribution >= 0.6 is 11.3 Å². The van der Waals surface area contributed by atoms with Crippen molar-refractivity contribution in [1.82, 2.24) is 0 Å². The zero-order chi connectivity index (χ0) is 9.14. The lowest BCUT2D eigenvalue weighted by molar-refractivity contribution is 0.311. The standard InChI is InChI=1S/C8H14N2OS/c1-5-6(2)8(10-3-4-11)12-7(5)9/h10-11H,3-4,9H2,1-2H3. The average molecular weight is 186 g/mol. The van der Waals surface area contributed by atoms with Crippen LogP contribution in [0.1, 0.15) is 11.1 Å². The van der Waals surface area contributed by atoms with Crippen LogP contribution in [-0.4, -0.2) is 18.3 Å². The Hall–Kier alpha value is -0.740. The highest BCUT2D eigenvalue weighted by atomic mass is 32.1. The van der Waals surface area contributed by atoms with Crippen LogP contribution in [0.5, 0.6) is 0 Å². The van der Waals surface area contributed by atoms with E-state index in [-0.39, 0.29) is 6.61 Å². The third-order valence-electron chi connectivity index (χ3n) is 1.88. The molecule has 1 heterocycles. The number of hydrogen-bond acceptors (Lipinski definition) is 4. The summed E-state index contributed by atoms with van der Waals surface area (Å²) in [7, 11) is 0. The Balaban J connectivity index is 2.79. The van der Waals surface area contributed by atoms with Gasteiger partial charge in [-0.1, -0.05) is 0 Å². The van der Waals surface area contributed by atoms with Gasteiger partial charge in [0, 0.05) is 6.54 Å². The lowest BCUT2D eigenvalue weighted by Gasteiger charge is -2.01. The summed E-state index contributed by atoms with van der Waals surface area (Å²) >= 11 is 1.54. The molecule has 0 atom stereocenters. The topological polar surface area (TPSA) is 58.3 Å². The number of hydrogen-bond donors (Lipinski definition) is 3. The molecular weight excluding hydrogens is 172 g/mol. The molecule has 4 N–H and O–H groups in total. The molecule has 1 aromatic rings. The summed E-state index contributed by atoms with van der Waals surface area (Å²) < 4.78 is 0. The summed E-state index contributed by atoms with van der Waals surface area (Å²) in [6.45, 7) is 4.77. The zero-order valence-electron chi connectivity index (χ0n) is 7.35. The Kier molecular flexibility index (Phi) is 2.94. The first kappa shape index (κ1) is 9.35. The monoisotopic (exact) mass is 186 g/mol. The molecule has 0 saturated carbocycles. The maximum atomic E-state index is 8.61. The van der Waals surface area contributed by atoms with E-state index in [0.717, 1.165) is 15.6 Å². The Bertz CT molecular complexity index is 270. The van der Waals surface area contributed by atoms with Gasteiger partial charge in [-0.2, -0.15) is 0 Å². The second-order valence-corrected chi connectivity index (χ2v) is 3.75. The molecule has 0 saturated heterocycles. The molecule has 12 heavy (non-hydrogen) atoms. The van der Waals surface area contributed by atoms with Gasteiger partial charge in [-0.3, -0.25) is 0 Å². The number of anilines is 2. The van der Waals surface area contributed by atoms with Crippen molar-refractivity contribution in [3.8, 4) is 0 Å². The Morgan fingerprint density at radius 2 is 2.08 bits per heavy atom. The van der Waals surface area contributed by atoms with Gasteiger partial charge in [0.2, 0.25) is 0 Å². The third kappa shape index (κ3) is 1.70. The van der Waals surface area contributed by atoms with Gasteiger partial charge in [-0.25, -0.2) is 0 Å². The smallest absolute Gasteiger partial charge is 0.0937 e. The number of nitrogen functional groups attached to an aromatic ring is 1. The van der Waals surface area contributed by atoms with E-state index in [9.17, 15) is 0 Å². The molecule has 0 aromatic carbocycles. The molecule has 68 valence electrons. The Labute approximate surface area is 76.2 Å². The van der Waals surface area contributed by atoms with Crippen LogP contribution in [0, 0.1) is 13.8 Å². The van der Waals surface area contributed by atoms with E-state index in [1.54, 1.807) is 0 Å². The van der Waals surface area contributed by atoms with E-state index in [1.165, 1.54) is 16.9 Å². The first-order valence-electron chi connectivity index (χ1n) is 3.87. The van der Waals surface area contributed by atoms with E-state index < -0.39 is 0 Å². The highest BCUT2D eigenvalue weighted by Gasteiger charge is 2.07. The summed E-state index contributed by atoms with van der Waals surface area (Å²) in [5.41, 5.74) is 8.05. The molecule has 0 spiro atoms. The number of aliphatic hydroxyl groups excluding tert-OH is 1. The number of thiophene rings is 1.